The minimum Gasteiger partial charge on any atom is -0.479 e. The fraction of sp³-hybridized carbons (Fsp3) is 0.917. The standard InChI is InChI=1S/C12H22O3/c1-12(2,10(13)11(14)15)8-9-6-4-3-5-7-9/h9-10,13H,3-8H2,1-2H3,(H,14,15). The van der Waals surface area contributed by atoms with E-state index in [9.17, 15) is 9.90 Å². The highest BCUT2D eigenvalue weighted by molar-refractivity contribution is 5.72. The molecule has 3 nitrogen and oxygen atoms in total. The van der Waals surface area contributed by atoms with Gasteiger partial charge in [-0.25, -0.2) is 4.79 Å². The van der Waals surface area contributed by atoms with Crippen molar-refractivity contribution in [3.8, 4) is 0 Å². The first-order valence-electron chi connectivity index (χ1n) is 5.84. The van der Waals surface area contributed by atoms with Crippen molar-refractivity contribution in [3.05, 3.63) is 0 Å². The van der Waals surface area contributed by atoms with Crippen LogP contribution < -0.4 is 0 Å². The topological polar surface area (TPSA) is 57.5 Å². The van der Waals surface area contributed by atoms with Gasteiger partial charge < -0.3 is 10.2 Å². The molecule has 1 atom stereocenters. The first kappa shape index (κ1) is 12.5. The van der Waals surface area contributed by atoms with Crippen molar-refractivity contribution in [1.29, 1.82) is 0 Å². The molecule has 1 saturated carbocycles. The number of rotatable bonds is 4. The summed E-state index contributed by atoms with van der Waals surface area (Å²) in [5.41, 5.74) is -0.506. The molecule has 1 aliphatic rings. The SMILES string of the molecule is CC(C)(CC1CCCCC1)C(O)C(=O)O. The van der Waals surface area contributed by atoms with Gasteiger partial charge in [-0.1, -0.05) is 46.0 Å². The van der Waals surface area contributed by atoms with Gasteiger partial charge in [0.1, 0.15) is 0 Å². The van der Waals surface area contributed by atoms with Crippen LogP contribution in [0.2, 0.25) is 0 Å². The highest BCUT2D eigenvalue weighted by Crippen LogP contribution is 2.36. The lowest BCUT2D eigenvalue weighted by atomic mass is 9.74. The van der Waals surface area contributed by atoms with E-state index in [-0.39, 0.29) is 0 Å². The van der Waals surface area contributed by atoms with Gasteiger partial charge in [0.2, 0.25) is 0 Å². The van der Waals surface area contributed by atoms with E-state index in [1.165, 1.54) is 32.1 Å². The molecule has 88 valence electrons. The summed E-state index contributed by atoms with van der Waals surface area (Å²) in [6.07, 6.45) is 5.78. The molecule has 0 bridgehead atoms. The molecule has 15 heavy (non-hydrogen) atoms. The molecule has 3 heteroatoms. The van der Waals surface area contributed by atoms with E-state index in [2.05, 4.69) is 0 Å². The van der Waals surface area contributed by atoms with E-state index in [1.807, 2.05) is 13.8 Å². The molecule has 0 aromatic carbocycles. The summed E-state index contributed by atoms with van der Waals surface area (Å²) in [5, 5.41) is 18.4. The van der Waals surface area contributed by atoms with E-state index < -0.39 is 17.5 Å². The first-order chi connectivity index (χ1) is 6.93. The van der Waals surface area contributed by atoms with E-state index >= 15 is 0 Å². The normalized spacial score (nSPS) is 21.3. The monoisotopic (exact) mass is 214 g/mol. The van der Waals surface area contributed by atoms with Gasteiger partial charge >= 0.3 is 5.97 Å². The van der Waals surface area contributed by atoms with E-state index in [4.69, 9.17) is 5.11 Å². The van der Waals surface area contributed by atoms with Crippen molar-refractivity contribution in [1.82, 2.24) is 0 Å². The second-order valence-corrected chi connectivity index (χ2v) is 5.44. The molecule has 1 unspecified atom stereocenters. The predicted molar refractivity (Wildman–Crippen MR) is 58.6 cm³/mol. The number of aliphatic hydroxyl groups excluding tert-OH is 1. The summed E-state index contributed by atoms with van der Waals surface area (Å²) >= 11 is 0. The number of carboxylic acid groups (broad SMARTS) is 1. The average molecular weight is 214 g/mol. The number of aliphatic hydroxyl groups is 1. The van der Waals surface area contributed by atoms with E-state index in [1.54, 1.807) is 0 Å². The Kier molecular flexibility index (Phi) is 4.14. The fourth-order valence-electron chi connectivity index (χ4n) is 2.58. The van der Waals surface area contributed by atoms with Crippen LogP contribution in [0.3, 0.4) is 0 Å². The summed E-state index contributed by atoms with van der Waals surface area (Å²) in [5.74, 6) is -0.501. The zero-order chi connectivity index (χ0) is 11.5. The maximum atomic E-state index is 10.7. The number of carbonyl (C=O) groups is 1. The van der Waals surface area contributed by atoms with Crippen LogP contribution in [0.15, 0.2) is 0 Å². The van der Waals surface area contributed by atoms with Crippen LogP contribution in [-0.2, 0) is 4.79 Å². The highest BCUT2D eigenvalue weighted by atomic mass is 16.4. The van der Waals surface area contributed by atoms with Crippen LogP contribution in [0.25, 0.3) is 0 Å². The zero-order valence-electron chi connectivity index (χ0n) is 9.70. The second kappa shape index (κ2) is 4.97. The molecule has 0 spiro atoms. The molecule has 0 aromatic heterocycles. The van der Waals surface area contributed by atoms with Gasteiger partial charge in [-0.3, -0.25) is 0 Å². The van der Waals surface area contributed by atoms with Gasteiger partial charge in [-0.15, -0.1) is 0 Å². The van der Waals surface area contributed by atoms with Crippen LogP contribution >= 0.6 is 0 Å². The quantitative estimate of drug-likeness (QED) is 0.755. The number of hydrogen-bond acceptors (Lipinski definition) is 2. The molecule has 0 radical (unpaired) electrons. The van der Waals surface area contributed by atoms with Gasteiger partial charge in [0.05, 0.1) is 0 Å². The van der Waals surface area contributed by atoms with Crippen molar-refractivity contribution >= 4 is 5.97 Å². The Balaban J connectivity index is 2.50. The molecule has 1 rings (SSSR count). The van der Waals surface area contributed by atoms with E-state index in [0.717, 1.165) is 6.42 Å². The Labute approximate surface area is 91.5 Å². The van der Waals surface area contributed by atoms with Crippen LogP contribution in [0.1, 0.15) is 52.4 Å². The van der Waals surface area contributed by atoms with Crippen LogP contribution in [0.4, 0.5) is 0 Å². The van der Waals surface area contributed by atoms with Gasteiger partial charge in [-0.05, 0) is 12.3 Å². The Morgan fingerprint density at radius 3 is 2.33 bits per heavy atom. The number of carboxylic acids is 1. The third-order valence-corrected chi connectivity index (χ3v) is 3.51. The Bertz CT molecular complexity index is 217. The molecule has 0 saturated heterocycles. The molecular formula is C12H22O3. The molecule has 0 aromatic rings. The molecule has 1 aliphatic carbocycles. The third kappa shape index (κ3) is 3.49. The lowest BCUT2D eigenvalue weighted by Gasteiger charge is -2.33. The average Bonchev–Trinajstić information content (AvgIpc) is 2.17. The summed E-state index contributed by atoms with van der Waals surface area (Å²) in [4.78, 5) is 10.7. The van der Waals surface area contributed by atoms with Crippen LogP contribution in [0.5, 0.6) is 0 Å². The Morgan fingerprint density at radius 1 is 1.33 bits per heavy atom. The molecule has 1 fully saturated rings. The maximum absolute atomic E-state index is 10.7. The first-order valence-corrected chi connectivity index (χ1v) is 5.84. The second-order valence-electron chi connectivity index (χ2n) is 5.44. The van der Waals surface area contributed by atoms with E-state index in [0.29, 0.717) is 5.92 Å². The zero-order valence-corrected chi connectivity index (χ0v) is 9.70. The smallest absolute Gasteiger partial charge is 0.333 e. The maximum Gasteiger partial charge on any atom is 0.333 e. The van der Waals surface area contributed by atoms with Crippen molar-refractivity contribution in [2.75, 3.05) is 0 Å². The van der Waals surface area contributed by atoms with Crippen molar-refractivity contribution < 1.29 is 15.0 Å². The van der Waals surface area contributed by atoms with Crippen molar-refractivity contribution in [2.24, 2.45) is 11.3 Å². The van der Waals surface area contributed by atoms with Crippen molar-refractivity contribution in [3.63, 3.8) is 0 Å². The third-order valence-electron chi connectivity index (χ3n) is 3.51. The number of aliphatic carboxylic acids is 1. The summed E-state index contributed by atoms with van der Waals surface area (Å²) in [6, 6.07) is 0. The molecule has 2 N–H and O–H groups in total. The summed E-state index contributed by atoms with van der Waals surface area (Å²) in [7, 11) is 0. The largest absolute Gasteiger partial charge is 0.479 e. The van der Waals surface area contributed by atoms with Crippen molar-refractivity contribution in [2.45, 2.75) is 58.5 Å². The molecule has 0 aliphatic heterocycles. The fourth-order valence-corrected chi connectivity index (χ4v) is 2.58. The predicted octanol–water partition coefficient (Wildman–Crippen LogP) is 2.43. The van der Waals surface area contributed by atoms with Gasteiger partial charge in [-0.2, -0.15) is 0 Å². The lowest BCUT2D eigenvalue weighted by Crippen LogP contribution is -2.38. The summed E-state index contributed by atoms with van der Waals surface area (Å²) < 4.78 is 0. The molecule has 0 amide bonds. The van der Waals surface area contributed by atoms with Crippen LogP contribution in [0, 0.1) is 11.3 Å². The van der Waals surface area contributed by atoms with Gasteiger partial charge in [0, 0.05) is 5.41 Å². The Hall–Kier alpha value is -0.570. The van der Waals surface area contributed by atoms with Crippen LogP contribution in [-0.4, -0.2) is 22.3 Å². The van der Waals surface area contributed by atoms with Gasteiger partial charge in [0.25, 0.3) is 0 Å². The molecular weight excluding hydrogens is 192 g/mol. The van der Waals surface area contributed by atoms with Gasteiger partial charge in [0.15, 0.2) is 6.10 Å². The number of hydrogen-bond donors (Lipinski definition) is 2. The lowest BCUT2D eigenvalue weighted by molar-refractivity contribution is -0.154. The molecule has 0 heterocycles. The highest BCUT2D eigenvalue weighted by Gasteiger charge is 2.35. The minimum absolute atomic E-state index is 0.506. The Morgan fingerprint density at radius 2 is 1.87 bits per heavy atom. The minimum atomic E-state index is -1.24. The summed E-state index contributed by atoms with van der Waals surface area (Å²) in [6.45, 7) is 3.70.